The van der Waals surface area contributed by atoms with Crippen molar-refractivity contribution in [2.75, 3.05) is 6.54 Å². The first-order valence-electron chi connectivity index (χ1n) is 7.05. The smallest absolute Gasteiger partial charge is 0.260 e. The van der Waals surface area contributed by atoms with Crippen molar-refractivity contribution < 1.29 is 13.6 Å². The summed E-state index contributed by atoms with van der Waals surface area (Å²) in [6, 6.07) is 3.68. The van der Waals surface area contributed by atoms with E-state index in [-0.39, 0.29) is 12.1 Å². The highest BCUT2D eigenvalue weighted by molar-refractivity contribution is 5.95. The minimum atomic E-state index is -0.805. The number of nitrogens with two attached hydrogens (primary N) is 1. The van der Waals surface area contributed by atoms with Gasteiger partial charge in [-0.1, -0.05) is 6.07 Å². The van der Waals surface area contributed by atoms with Crippen LogP contribution in [0.4, 0.5) is 8.78 Å². The van der Waals surface area contributed by atoms with E-state index in [1.807, 2.05) is 6.92 Å². The van der Waals surface area contributed by atoms with Crippen LogP contribution in [0, 0.1) is 11.6 Å². The van der Waals surface area contributed by atoms with Crippen molar-refractivity contribution in [1.29, 1.82) is 0 Å². The van der Waals surface area contributed by atoms with Crippen LogP contribution in [0.3, 0.4) is 0 Å². The molecule has 3 nitrogen and oxygen atoms in total. The summed E-state index contributed by atoms with van der Waals surface area (Å²) in [5, 5.41) is 0. The molecule has 0 unspecified atom stereocenters. The Morgan fingerprint density at radius 1 is 1.25 bits per heavy atom. The number of halogens is 2. The van der Waals surface area contributed by atoms with Crippen molar-refractivity contribution in [1.82, 2.24) is 4.90 Å². The molecule has 5 heteroatoms. The number of carbonyl (C=O) groups excluding carboxylic acids is 1. The molecule has 1 fully saturated rings. The van der Waals surface area contributed by atoms with Crippen LogP contribution in [0.25, 0.3) is 0 Å². The maximum Gasteiger partial charge on any atom is 0.260 e. The monoisotopic (exact) mass is 282 g/mol. The third-order valence-electron chi connectivity index (χ3n) is 3.96. The Labute approximate surface area is 117 Å². The van der Waals surface area contributed by atoms with E-state index >= 15 is 0 Å². The van der Waals surface area contributed by atoms with Gasteiger partial charge in [-0.05, 0) is 44.7 Å². The molecule has 0 aliphatic heterocycles. The van der Waals surface area contributed by atoms with E-state index in [4.69, 9.17) is 5.73 Å². The SMILES string of the molecule is CCN(C(=O)c1c(F)cccc1F)C1CCC(N)CC1. The summed E-state index contributed by atoms with van der Waals surface area (Å²) in [7, 11) is 0. The lowest BCUT2D eigenvalue weighted by molar-refractivity contribution is 0.0631. The molecule has 2 N–H and O–H groups in total. The lowest BCUT2D eigenvalue weighted by atomic mass is 9.90. The zero-order valence-electron chi connectivity index (χ0n) is 11.6. The molecule has 0 saturated heterocycles. The van der Waals surface area contributed by atoms with Crippen LogP contribution in [0.2, 0.25) is 0 Å². The number of carbonyl (C=O) groups is 1. The van der Waals surface area contributed by atoms with Gasteiger partial charge in [-0.3, -0.25) is 4.79 Å². The zero-order chi connectivity index (χ0) is 14.7. The molecular weight excluding hydrogens is 262 g/mol. The van der Waals surface area contributed by atoms with Crippen molar-refractivity contribution in [2.24, 2.45) is 5.73 Å². The quantitative estimate of drug-likeness (QED) is 0.926. The lowest BCUT2D eigenvalue weighted by Crippen LogP contribution is -2.44. The molecule has 1 aliphatic rings. The molecule has 110 valence electrons. The molecule has 1 aromatic carbocycles. The molecule has 0 spiro atoms. The van der Waals surface area contributed by atoms with Crippen molar-refractivity contribution in [3.63, 3.8) is 0 Å². The summed E-state index contributed by atoms with van der Waals surface area (Å²) in [6.45, 7) is 2.26. The minimum Gasteiger partial charge on any atom is -0.336 e. The Bertz CT molecular complexity index is 465. The van der Waals surface area contributed by atoms with Gasteiger partial charge in [0.2, 0.25) is 0 Å². The highest BCUT2D eigenvalue weighted by Crippen LogP contribution is 2.24. The van der Waals surface area contributed by atoms with Gasteiger partial charge in [-0.15, -0.1) is 0 Å². The molecule has 0 heterocycles. The Kier molecular flexibility index (Phi) is 4.70. The maximum absolute atomic E-state index is 13.7. The van der Waals surface area contributed by atoms with Crippen LogP contribution in [0.15, 0.2) is 18.2 Å². The fourth-order valence-electron chi connectivity index (χ4n) is 2.83. The summed E-state index contributed by atoms with van der Waals surface area (Å²) >= 11 is 0. The lowest BCUT2D eigenvalue weighted by Gasteiger charge is -2.35. The van der Waals surface area contributed by atoms with Gasteiger partial charge < -0.3 is 10.6 Å². The summed E-state index contributed by atoms with van der Waals surface area (Å²) in [5.74, 6) is -2.18. The predicted molar refractivity (Wildman–Crippen MR) is 73.3 cm³/mol. The Balaban J connectivity index is 2.21. The van der Waals surface area contributed by atoms with Gasteiger partial charge in [0.15, 0.2) is 0 Å². The first kappa shape index (κ1) is 14.9. The van der Waals surface area contributed by atoms with Gasteiger partial charge in [0.1, 0.15) is 17.2 Å². The molecule has 1 aliphatic carbocycles. The molecule has 1 saturated carbocycles. The fraction of sp³-hybridized carbons (Fsp3) is 0.533. The number of amides is 1. The minimum absolute atomic E-state index is 0.0197. The second-order valence-corrected chi connectivity index (χ2v) is 5.26. The molecule has 20 heavy (non-hydrogen) atoms. The highest BCUT2D eigenvalue weighted by atomic mass is 19.1. The van der Waals surface area contributed by atoms with Crippen LogP contribution >= 0.6 is 0 Å². The average Bonchev–Trinajstić information content (AvgIpc) is 2.41. The normalized spacial score (nSPS) is 22.6. The van der Waals surface area contributed by atoms with Gasteiger partial charge in [0, 0.05) is 18.6 Å². The first-order valence-corrected chi connectivity index (χ1v) is 7.05. The van der Waals surface area contributed by atoms with E-state index in [0.29, 0.717) is 6.54 Å². The highest BCUT2D eigenvalue weighted by Gasteiger charge is 2.30. The number of hydrogen-bond acceptors (Lipinski definition) is 2. The second kappa shape index (κ2) is 6.31. The van der Waals surface area contributed by atoms with E-state index in [9.17, 15) is 13.6 Å². The van der Waals surface area contributed by atoms with Gasteiger partial charge >= 0.3 is 0 Å². The van der Waals surface area contributed by atoms with Crippen molar-refractivity contribution in [2.45, 2.75) is 44.7 Å². The first-order chi connectivity index (χ1) is 9.54. The second-order valence-electron chi connectivity index (χ2n) is 5.26. The van der Waals surface area contributed by atoms with E-state index in [1.54, 1.807) is 4.90 Å². The van der Waals surface area contributed by atoms with Crippen molar-refractivity contribution in [3.8, 4) is 0 Å². The maximum atomic E-state index is 13.7. The van der Waals surface area contributed by atoms with Crippen molar-refractivity contribution in [3.05, 3.63) is 35.4 Å². The number of nitrogens with zero attached hydrogens (tertiary/aromatic N) is 1. The fourth-order valence-corrected chi connectivity index (χ4v) is 2.83. The summed E-state index contributed by atoms with van der Waals surface area (Å²) in [4.78, 5) is 14.0. The van der Waals surface area contributed by atoms with Gasteiger partial charge in [0.25, 0.3) is 5.91 Å². The van der Waals surface area contributed by atoms with Gasteiger partial charge in [-0.25, -0.2) is 8.78 Å². The van der Waals surface area contributed by atoms with Crippen LogP contribution in [0.1, 0.15) is 43.0 Å². The Hall–Kier alpha value is -1.49. The van der Waals surface area contributed by atoms with Crippen LogP contribution in [0.5, 0.6) is 0 Å². The predicted octanol–water partition coefficient (Wildman–Crippen LogP) is 2.70. The zero-order valence-corrected chi connectivity index (χ0v) is 11.6. The van der Waals surface area contributed by atoms with Crippen LogP contribution in [-0.2, 0) is 0 Å². The molecule has 0 aromatic heterocycles. The van der Waals surface area contributed by atoms with E-state index < -0.39 is 23.1 Å². The van der Waals surface area contributed by atoms with Gasteiger partial charge in [-0.2, -0.15) is 0 Å². The average molecular weight is 282 g/mol. The third kappa shape index (κ3) is 2.98. The Morgan fingerprint density at radius 2 is 1.80 bits per heavy atom. The van der Waals surface area contributed by atoms with Crippen LogP contribution in [-0.4, -0.2) is 29.4 Å². The molecular formula is C15H20F2N2O. The van der Waals surface area contributed by atoms with Crippen molar-refractivity contribution >= 4 is 5.91 Å². The van der Waals surface area contributed by atoms with E-state index in [1.165, 1.54) is 6.07 Å². The standard InChI is InChI=1S/C15H20F2N2O/c1-2-19(11-8-6-10(18)7-9-11)15(20)14-12(16)4-3-5-13(14)17/h3-5,10-11H,2,6-9,18H2,1H3. The summed E-state index contributed by atoms with van der Waals surface area (Å²) < 4.78 is 27.4. The third-order valence-corrected chi connectivity index (χ3v) is 3.96. The molecule has 0 bridgehead atoms. The molecule has 2 rings (SSSR count). The number of rotatable bonds is 3. The Morgan fingerprint density at radius 3 is 2.30 bits per heavy atom. The molecule has 0 radical (unpaired) electrons. The van der Waals surface area contributed by atoms with Crippen LogP contribution < -0.4 is 5.73 Å². The topological polar surface area (TPSA) is 46.3 Å². The summed E-state index contributed by atoms with van der Waals surface area (Å²) in [5.41, 5.74) is 5.40. The van der Waals surface area contributed by atoms with Gasteiger partial charge in [0.05, 0.1) is 0 Å². The number of hydrogen-bond donors (Lipinski definition) is 1. The van der Waals surface area contributed by atoms with E-state index in [0.717, 1.165) is 37.8 Å². The van der Waals surface area contributed by atoms with E-state index in [2.05, 4.69) is 0 Å². The number of benzene rings is 1. The molecule has 1 amide bonds. The molecule has 0 atom stereocenters. The largest absolute Gasteiger partial charge is 0.336 e. The molecule has 1 aromatic rings. The summed E-state index contributed by atoms with van der Waals surface area (Å²) in [6.07, 6.45) is 3.26.